The molecule has 0 spiro atoms. The van der Waals surface area contributed by atoms with Gasteiger partial charge in [0.25, 0.3) is 0 Å². The third-order valence-electron chi connectivity index (χ3n) is 2.82. The summed E-state index contributed by atoms with van der Waals surface area (Å²) in [6.45, 7) is 2.22. The van der Waals surface area contributed by atoms with Gasteiger partial charge in [-0.1, -0.05) is 23.2 Å². The van der Waals surface area contributed by atoms with Crippen LogP contribution in [0.3, 0.4) is 0 Å². The number of carbonyl (C=O) groups excluding carboxylic acids is 1. The zero-order chi connectivity index (χ0) is 13.8. The lowest BCUT2D eigenvalue weighted by Crippen LogP contribution is -2.38. The second-order valence-corrected chi connectivity index (χ2v) is 6.36. The van der Waals surface area contributed by atoms with Crippen molar-refractivity contribution in [3.05, 3.63) is 22.2 Å². The number of carbonyl (C=O) groups is 1. The topological polar surface area (TPSA) is 58.4 Å². The molecule has 2 rings (SSSR count). The molecule has 7 heteroatoms. The van der Waals surface area contributed by atoms with E-state index < -0.39 is 0 Å². The van der Waals surface area contributed by atoms with E-state index in [9.17, 15) is 4.79 Å². The molecule has 1 saturated heterocycles. The number of benzene rings is 1. The van der Waals surface area contributed by atoms with Gasteiger partial charge in [0.15, 0.2) is 0 Å². The highest BCUT2D eigenvalue weighted by Crippen LogP contribution is 2.31. The van der Waals surface area contributed by atoms with Crippen molar-refractivity contribution in [2.45, 2.75) is 0 Å². The van der Waals surface area contributed by atoms with Gasteiger partial charge in [0.05, 0.1) is 22.9 Å². The maximum absolute atomic E-state index is 12.0. The molecule has 0 radical (unpaired) electrons. The third-order valence-corrected chi connectivity index (χ3v) is 4.28. The van der Waals surface area contributed by atoms with E-state index in [1.807, 2.05) is 11.8 Å². The molecule has 1 aliphatic heterocycles. The molecule has 0 unspecified atom stereocenters. The van der Waals surface area contributed by atoms with E-state index in [2.05, 4.69) is 10.2 Å². The lowest BCUT2D eigenvalue weighted by atomic mass is 10.2. The highest BCUT2D eigenvalue weighted by Gasteiger charge is 2.16. The van der Waals surface area contributed by atoms with Crippen LogP contribution >= 0.6 is 35.0 Å². The van der Waals surface area contributed by atoms with Crippen LogP contribution in [0.1, 0.15) is 0 Å². The maximum Gasteiger partial charge on any atom is 0.238 e. The maximum atomic E-state index is 12.0. The van der Waals surface area contributed by atoms with Crippen molar-refractivity contribution in [2.24, 2.45) is 0 Å². The molecule has 104 valence electrons. The van der Waals surface area contributed by atoms with Crippen molar-refractivity contribution >= 4 is 52.2 Å². The molecule has 3 N–H and O–H groups in total. The summed E-state index contributed by atoms with van der Waals surface area (Å²) in [7, 11) is 0. The molecular formula is C12H15Cl2N3OS. The Kier molecular flexibility index (Phi) is 5.21. The van der Waals surface area contributed by atoms with Crippen LogP contribution in [0.4, 0.5) is 11.4 Å². The molecule has 0 bridgehead atoms. The minimum absolute atomic E-state index is 0.108. The molecular weight excluding hydrogens is 305 g/mol. The van der Waals surface area contributed by atoms with E-state index in [4.69, 9.17) is 28.9 Å². The molecule has 1 aromatic carbocycles. The summed E-state index contributed by atoms with van der Waals surface area (Å²) in [6.07, 6.45) is 0. The third kappa shape index (κ3) is 4.18. The number of anilines is 2. The van der Waals surface area contributed by atoms with Crippen molar-refractivity contribution in [1.29, 1.82) is 0 Å². The second kappa shape index (κ2) is 6.70. The zero-order valence-corrected chi connectivity index (χ0v) is 12.6. The molecule has 0 aromatic heterocycles. The van der Waals surface area contributed by atoms with Crippen molar-refractivity contribution in [1.82, 2.24) is 4.90 Å². The number of thioether (sulfide) groups is 1. The monoisotopic (exact) mass is 319 g/mol. The lowest BCUT2D eigenvalue weighted by Gasteiger charge is -2.25. The van der Waals surface area contributed by atoms with Gasteiger partial charge in [0.1, 0.15) is 0 Å². The largest absolute Gasteiger partial charge is 0.397 e. The predicted octanol–water partition coefficient (Wildman–Crippen LogP) is 2.56. The molecule has 4 nitrogen and oxygen atoms in total. The van der Waals surface area contributed by atoms with Gasteiger partial charge < -0.3 is 11.1 Å². The first-order valence-corrected chi connectivity index (χ1v) is 7.82. The number of hydrogen-bond acceptors (Lipinski definition) is 4. The smallest absolute Gasteiger partial charge is 0.238 e. The fourth-order valence-corrected chi connectivity index (χ4v) is 3.40. The Bertz CT molecular complexity index is 455. The van der Waals surface area contributed by atoms with Gasteiger partial charge >= 0.3 is 0 Å². The lowest BCUT2D eigenvalue weighted by molar-refractivity contribution is -0.117. The summed E-state index contributed by atoms with van der Waals surface area (Å²) in [5.74, 6) is 2.02. The Morgan fingerprint density at radius 2 is 2.05 bits per heavy atom. The minimum atomic E-state index is -0.108. The molecule has 1 amide bonds. The standard InChI is InChI=1S/C12H15Cl2N3OS/c13-8-5-9(14)12(10(15)6-8)16-11(18)7-17-1-3-19-4-2-17/h5-6H,1-4,7,15H2,(H,16,18). The van der Waals surface area contributed by atoms with Crippen LogP contribution in [0.5, 0.6) is 0 Å². The van der Waals surface area contributed by atoms with E-state index >= 15 is 0 Å². The number of halogens is 2. The number of hydrogen-bond donors (Lipinski definition) is 2. The van der Waals surface area contributed by atoms with E-state index in [1.165, 1.54) is 0 Å². The summed E-state index contributed by atoms with van der Waals surface area (Å²) < 4.78 is 0. The Balaban J connectivity index is 1.98. The Morgan fingerprint density at radius 3 is 2.68 bits per heavy atom. The van der Waals surface area contributed by atoms with E-state index in [-0.39, 0.29) is 5.91 Å². The molecule has 1 fully saturated rings. The van der Waals surface area contributed by atoms with Crippen molar-refractivity contribution in [3.8, 4) is 0 Å². The summed E-state index contributed by atoms with van der Waals surface area (Å²) in [4.78, 5) is 14.1. The van der Waals surface area contributed by atoms with Crippen LogP contribution in [-0.2, 0) is 4.79 Å². The molecule has 1 aromatic rings. The molecule has 19 heavy (non-hydrogen) atoms. The van der Waals surface area contributed by atoms with Crippen molar-refractivity contribution in [2.75, 3.05) is 42.2 Å². The number of amides is 1. The molecule has 0 saturated carbocycles. The van der Waals surface area contributed by atoms with Crippen LogP contribution < -0.4 is 11.1 Å². The Morgan fingerprint density at radius 1 is 1.37 bits per heavy atom. The van der Waals surface area contributed by atoms with Gasteiger partial charge in [0, 0.05) is 29.6 Å². The van der Waals surface area contributed by atoms with Crippen LogP contribution in [0.15, 0.2) is 12.1 Å². The summed E-state index contributed by atoms with van der Waals surface area (Å²) >= 11 is 13.8. The molecule has 1 aliphatic rings. The normalized spacial score (nSPS) is 16.3. The van der Waals surface area contributed by atoms with Crippen LogP contribution in [-0.4, -0.2) is 41.9 Å². The first kappa shape index (κ1) is 14.8. The Labute approximate surface area is 126 Å². The van der Waals surface area contributed by atoms with Crippen LogP contribution in [0.2, 0.25) is 10.0 Å². The zero-order valence-electron chi connectivity index (χ0n) is 10.3. The highest BCUT2D eigenvalue weighted by atomic mass is 35.5. The van der Waals surface area contributed by atoms with Gasteiger partial charge in [-0.05, 0) is 12.1 Å². The number of nitrogens with one attached hydrogen (secondary N) is 1. The molecule has 0 atom stereocenters. The average Bonchev–Trinajstić information content (AvgIpc) is 2.35. The molecule has 1 heterocycles. The fourth-order valence-electron chi connectivity index (χ4n) is 1.87. The molecule has 0 aliphatic carbocycles. The second-order valence-electron chi connectivity index (χ2n) is 4.29. The number of nitrogens with two attached hydrogens (primary N) is 1. The number of nitrogens with zero attached hydrogens (tertiary/aromatic N) is 1. The first-order chi connectivity index (χ1) is 9.06. The van der Waals surface area contributed by atoms with Crippen molar-refractivity contribution < 1.29 is 4.79 Å². The number of nitrogen functional groups attached to an aromatic ring is 1. The van der Waals surface area contributed by atoms with E-state index in [0.29, 0.717) is 28.0 Å². The van der Waals surface area contributed by atoms with Crippen molar-refractivity contribution in [3.63, 3.8) is 0 Å². The summed E-state index contributed by atoms with van der Waals surface area (Å²) in [5.41, 5.74) is 6.61. The summed E-state index contributed by atoms with van der Waals surface area (Å²) in [6, 6.07) is 3.13. The quantitative estimate of drug-likeness (QED) is 0.841. The predicted molar refractivity (Wildman–Crippen MR) is 83.3 cm³/mol. The summed E-state index contributed by atoms with van der Waals surface area (Å²) in [5, 5.41) is 3.56. The Hall–Kier alpha value is -0.620. The van der Waals surface area contributed by atoms with Crippen LogP contribution in [0, 0.1) is 0 Å². The van der Waals surface area contributed by atoms with E-state index in [0.717, 1.165) is 24.6 Å². The van der Waals surface area contributed by atoms with Gasteiger partial charge in [-0.3, -0.25) is 9.69 Å². The average molecular weight is 320 g/mol. The fraction of sp³-hybridized carbons (Fsp3) is 0.417. The first-order valence-electron chi connectivity index (χ1n) is 5.91. The van der Waals surface area contributed by atoms with Gasteiger partial charge in [-0.25, -0.2) is 0 Å². The van der Waals surface area contributed by atoms with Crippen LogP contribution in [0.25, 0.3) is 0 Å². The van der Waals surface area contributed by atoms with Gasteiger partial charge in [-0.15, -0.1) is 0 Å². The SMILES string of the molecule is Nc1cc(Cl)cc(Cl)c1NC(=O)CN1CCSCC1. The minimum Gasteiger partial charge on any atom is -0.397 e. The number of rotatable bonds is 3. The van der Waals surface area contributed by atoms with Gasteiger partial charge in [0.2, 0.25) is 5.91 Å². The van der Waals surface area contributed by atoms with Gasteiger partial charge in [-0.2, -0.15) is 11.8 Å². The highest BCUT2D eigenvalue weighted by molar-refractivity contribution is 7.99. The van der Waals surface area contributed by atoms with E-state index in [1.54, 1.807) is 12.1 Å².